The number of thiophene rings is 1. The predicted octanol–water partition coefficient (Wildman–Crippen LogP) is 3.83. The first kappa shape index (κ1) is 10.5. The second kappa shape index (κ2) is 4.68. The van der Waals surface area contributed by atoms with Gasteiger partial charge in [0, 0.05) is 27.0 Å². The van der Waals surface area contributed by atoms with Gasteiger partial charge in [-0.3, -0.25) is 0 Å². The lowest BCUT2D eigenvalue weighted by Gasteiger charge is -2.04. The van der Waals surface area contributed by atoms with Crippen LogP contribution in [-0.2, 0) is 6.54 Å². The summed E-state index contributed by atoms with van der Waals surface area (Å²) in [4.78, 5) is 1.27. The molecule has 2 N–H and O–H groups in total. The summed E-state index contributed by atoms with van der Waals surface area (Å²) in [5.41, 5.74) is 1.01. The highest BCUT2D eigenvalue weighted by Crippen LogP contribution is 2.21. The van der Waals surface area contributed by atoms with Crippen LogP contribution >= 0.6 is 27.3 Å². The van der Waals surface area contributed by atoms with E-state index in [9.17, 15) is 0 Å². The minimum absolute atomic E-state index is 0.291. The summed E-state index contributed by atoms with van der Waals surface area (Å²) >= 11 is 5.13. The number of rotatable bonds is 3. The van der Waals surface area contributed by atoms with Crippen molar-refractivity contribution < 1.29 is 5.11 Å². The standard InChI is InChI=1S/C11H10BrNOS/c12-8-5-11(15-7-8)6-13-9-1-3-10(14)4-2-9/h1-5,7,13-14H,6H2. The van der Waals surface area contributed by atoms with E-state index in [0.717, 1.165) is 16.7 Å². The molecule has 78 valence electrons. The Balaban J connectivity index is 1.96. The van der Waals surface area contributed by atoms with Crippen LogP contribution in [0.3, 0.4) is 0 Å². The van der Waals surface area contributed by atoms with Crippen LogP contribution in [-0.4, -0.2) is 5.11 Å². The number of benzene rings is 1. The summed E-state index contributed by atoms with van der Waals surface area (Å²) in [6.07, 6.45) is 0. The maximum Gasteiger partial charge on any atom is 0.115 e. The maximum absolute atomic E-state index is 9.11. The van der Waals surface area contributed by atoms with Crippen LogP contribution in [0.25, 0.3) is 0 Å². The zero-order chi connectivity index (χ0) is 10.7. The summed E-state index contributed by atoms with van der Waals surface area (Å²) in [6.45, 7) is 0.807. The van der Waals surface area contributed by atoms with Gasteiger partial charge in [-0.05, 0) is 46.3 Å². The first-order chi connectivity index (χ1) is 7.24. The van der Waals surface area contributed by atoms with E-state index in [1.54, 1.807) is 23.5 Å². The third-order valence-corrected chi connectivity index (χ3v) is 3.65. The Kier molecular flexibility index (Phi) is 3.28. The molecule has 0 spiro atoms. The van der Waals surface area contributed by atoms with Crippen LogP contribution in [0.5, 0.6) is 5.75 Å². The van der Waals surface area contributed by atoms with E-state index in [1.807, 2.05) is 12.1 Å². The van der Waals surface area contributed by atoms with E-state index in [-0.39, 0.29) is 0 Å². The molecule has 2 rings (SSSR count). The van der Waals surface area contributed by atoms with Gasteiger partial charge in [-0.25, -0.2) is 0 Å². The molecule has 0 radical (unpaired) electrons. The van der Waals surface area contributed by atoms with Crippen molar-refractivity contribution in [2.24, 2.45) is 0 Å². The van der Waals surface area contributed by atoms with Crippen LogP contribution in [0.15, 0.2) is 40.2 Å². The zero-order valence-electron chi connectivity index (χ0n) is 7.90. The minimum atomic E-state index is 0.291. The molecule has 4 heteroatoms. The summed E-state index contributed by atoms with van der Waals surface area (Å²) in [5.74, 6) is 0.291. The fraction of sp³-hybridized carbons (Fsp3) is 0.0909. The molecule has 1 heterocycles. The lowest BCUT2D eigenvalue weighted by atomic mass is 10.3. The van der Waals surface area contributed by atoms with Gasteiger partial charge in [-0.2, -0.15) is 0 Å². The number of aromatic hydroxyl groups is 1. The Morgan fingerprint density at radius 1 is 1.27 bits per heavy atom. The van der Waals surface area contributed by atoms with Gasteiger partial charge in [0.15, 0.2) is 0 Å². The van der Waals surface area contributed by atoms with Crippen LogP contribution in [0, 0.1) is 0 Å². The quantitative estimate of drug-likeness (QED) is 0.840. The van der Waals surface area contributed by atoms with Crippen LogP contribution in [0.2, 0.25) is 0 Å². The van der Waals surface area contributed by atoms with Gasteiger partial charge in [0.25, 0.3) is 0 Å². The fourth-order valence-electron chi connectivity index (χ4n) is 1.21. The minimum Gasteiger partial charge on any atom is -0.508 e. The molecule has 0 saturated carbocycles. The monoisotopic (exact) mass is 283 g/mol. The van der Waals surface area contributed by atoms with Crippen molar-refractivity contribution in [2.75, 3.05) is 5.32 Å². The molecule has 1 aromatic heterocycles. The molecule has 0 amide bonds. The molecule has 0 aliphatic rings. The molecule has 0 aliphatic heterocycles. The van der Waals surface area contributed by atoms with E-state index < -0.39 is 0 Å². The van der Waals surface area contributed by atoms with Gasteiger partial charge in [0.05, 0.1) is 0 Å². The van der Waals surface area contributed by atoms with Crippen molar-refractivity contribution in [1.82, 2.24) is 0 Å². The number of nitrogens with one attached hydrogen (secondary N) is 1. The van der Waals surface area contributed by atoms with Crippen molar-refractivity contribution in [3.05, 3.63) is 45.1 Å². The summed E-state index contributed by atoms with van der Waals surface area (Å²) in [6, 6.07) is 9.16. The first-order valence-electron chi connectivity index (χ1n) is 4.50. The number of halogens is 1. The highest BCUT2D eigenvalue weighted by atomic mass is 79.9. The zero-order valence-corrected chi connectivity index (χ0v) is 10.3. The van der Waals surface area contributed by atoms with Gasteiger partial charge in [-0.1, -0.05) is 0 Å². The molecule has 0 unspecified atom stereocenters. The fourth-order valence-corrected chi connectivity index (χ4v) is 2.61. The molecule has 0 aliphatic carbocycles. The van der Waals surface area contributed by atoms with E-state index in [0.29, 0.717) is 5.75 Å². The average Bonchev–Trinajstić information content (AvgIpc) is 2.64. The van der Waals surface area contributed by atoms with Crippen molar-refractivity contribution in [3.8, 4) is 5.75 Å². The number of phenolic OH excluding ortho intramolecular Hbond substituents is 1. The molecule has 2 aromatic rings. The van der Waals surface area contributed by atoms with Crippen LogP contribution in [0.4, 0.5) is 5.69 Å². The first-order valence-corrected chi connectivity index (χ1v) is 6.17. The molecular weight excluding hydrogens is 274 g/mol. The summed E-state index contributed by atoms with van der Waals surface area (Å²) in [5, 5.41) is 14.5. The molecule has 15 heavy (non-hydrogen) atoms. The van der Waals surface area contributed by atoms with E-state index in [2.05, 4.69) is 32.7 Å². The molecule has 1 aromatic carbocycles. The van der Waals surface area contributed by atoms with Crippen molar-refractivity contribution >= 4 is 33.0 Å². The predicted molar refractivity (Wildman–Crippen MR) is 67.5 cm³/mol. The molecule has 2 nitrogen and oxygen atoms in total. The lowest BCUT2D eigenvalue weighted by Crippen LogP contribution is -1.96. The van der Waals surface area contributed by atoms with Crippen molar-refractivity contribution in [3.63, 3.8) is 0 Å². The normalized spacial score (nSPS) is 10.2. The Bertz CT molecular complexity index is 438. The van der Waals surface area contributed by atoms with E-state index in [1.165, 1.54) is 4.88 Å². The number of hydrogen-bond acceptors (Lipinski definition) is 3. The maximum atomic E-state index is 9.11. The smallest absolute Gasteiger partial charge is 0.115 e. The second-order valence-electron chi connectivity index (χ2n) is 3.13. The Labute approximate surface area is 101 Å². The molecule has 0 fully saturated rings. The largest absolute Gasteiger partial charge is 0.508 e. The van der Waals surface area contributed by atoms with Crippen molar-refractivity contribution in [2.45, 2.75) is 6.54 Å². The van der Waals surface area contributed by atoms with Gasteiger partial charge in [-0.15, -0.1) is 11.3 Å². The topological polar surface area (TPSA) is 32.3 Å². The summed E-state index contributed by atoms with van der Waals surface area (Å²) in [7, 11) is 0. The second-order valence-corrected chi connectivity index (χ2v) is 5.04. The third-order valence-electron chi connectivity index (χ3n) is 1.96. The van der Waals surface area contributed by atoms with E-state index >= 15 is 0 Å². The lowest BCUT2D eigenvalue weighted by molar-refractivity contribution is 0.475. The Morgan fingerprint density at radius 2 is 2.00 bits per heavy atom. The highest BCUT2D eigenvalue weighted by Gasteiger charge is 1.97. The van der Waals surface area contributed by atoms with Crippen molar-refractivity contribution in [1.29, 1.82) is 0 Å². The van der Waals surface area contributed by atoms with Gasteiger partial charge in [0.2, 0.25) is 0 Å². The van der Waals surface area contributed by atoms with Gasteiger partial charge < -0.3 is 10.4 Å². The summed E-state index contributed by atoms with van der Waals surface area (Å²) < 4.78 is 1.12. The average molecular weight is 284 g/mol. The number of phenols is 1. The number of hydrogen-bond donors (Lipinski definition) is 2. The van der Waals surface area contributed by atoms with Gasteiger partial charge >= 0.3 is 0 Å². The molecule has 0 saturated heterocycles. The Morgan fingerprint density at radius 3 is 2.60 bits per heavy atom. The SMILES string of the molecule is Oc1ccc(NCc2cc(Br)cs2)cc1. The highest BCUT2D eigenvalue weighted by molar-refractivity contribution is 9.10. The Hall–Kier alpha value is -1.00. The molecular formula is C11H10BrNOS. The van der Waals surface area contributed by atoms with Crippen LogP contribution in [0.1, 0.15) is 4.88 Å². The van der Waals surface area contributed by atoms with E-state index in [4.69, 9.17) is 5.11 Å². The van der Waals surface area contributed by atoms with Gasteiger partial charge in [0.1, 0.15) is 5.75 Å². The number of anilines is 1. The molecule has 0 bridgehead atoms. The molecule has 0 atom stereocenters. The third kappa shape index (κ3) is 2.97. The van der Waals surface area contributed by atoms with Crippen LogP contribution < -0.4 is 5.32 Å².